The van der Waals surface area contributed by atoms with Crippen molar-refractivity contribution in [2.75, 3.05) is 0 Å². The van der Waals surface area contributed by atoms with Gasteiger partial charge in [-0.25, -0.2) is 0 Å². The van der Waals surface area contributed by atoms with Crippen LogP contribution in [0.15, 0.2) is 82.6 Å². The van der Waals surface area contributed by atoms with E-state index in [4.69, 9.17) is 9.11 Å². The number of alkyl halides is 3. The molecule has 0 heterocycles. The summed E-state index contributed by atoms with van der Waals surface area (Å²) in [6.07, 6.45) is -4.52. The molecule has 0 spiro atoms. The summed E-state index contributed by atoms with van der Waals surface area (Å²) in [6, 6.07) is 14.8. The summed E-state index contributed by atoms with van der Waals surface area (Å²) in [5.41, 5.74) is -0.838. The molecule has 0 saturated heterocycles. The van der Waals surface area contributed by atoms with E-state index >= 15 is 0 Å². The summed E-state index contributed by atoms with van der Waals surface area (Å²) in [5, 5.41) is 1.57. The first-order valence-electron chi connectivity index (χ1n) is 8.39. The highest BCUT2D eigenvalue weighted by Gasteiger charge is 2.30. The number of benzene rings is 3. The third-order valence-corrected chi connectivity index (χ3v) is 8.42. The molecule has 0 aliphatic rings. The van der Waals surface area contributed by atoms with Crippen LogP contribution in [-0.2, 0) is 26.4 Å². The highest BCUT2D eigenvalue weighted by molar-refractivity contribution is 7.86. The van der Waals surface area contributed by atoms with E-state index in [2.05, 4.69) is 0 Å². The summed E-state index contributed by atoms with van der Waals surface area (Å²) in [6.45, 7) is 0. The van der Waals surface area contributed by atoms with Crippen molar-refractivity contribution in [3.8, 4) is 0 Å². The van der Waals surface area contributed by atoms with Crippen molar-refractivity contribution < 1.29 is 39.1 Å². The highest BCUT2D eigenvalue weighted by atomic mass is 32.2. The zero-order chi connectivity index (χ0) is 23.0. The van der Waals surface area contributed by atoms with E-state index in [-0.39, 0.29) is 9.79 Å². The molecule has 0 aliphatic carbocycles. The number of hydrogen-bond acceptors (Lipinski definition) is 4. The van der Waals surface area contributed by atoms with Crippen molar-refractivity contribution in [2.24, 2.45) is 0 Å². The second-order valence-electron chi connectivity index (χ2n) is 6.32. The van der Waals surface area contributed by atoms with Crippen LogP contribution in [0.4, 0.5) is 13.2 Å². The third kappa shape index (κ3) is 5.50. The quantitative estimate of drug-likeness (QED) is 0.421. The van der Waals surface area contributed by atoms with Gasteiger partial charge in [0.2, 0.25) is 0 Å². The molecule has 0 atom stereocenters. The van der Waals surface area contributed by atoms with Gasteiger partial charge in [0.25, 0.3) is 20.2 Å². The Morgan fingerprint density at radius 2 is 0.871 bits per heavy atom. The van der Waals surface area contributed by atoms with Crippen LogP contribution >= 0.6 is 7.92 Å². The molecule has 0 unspecified atom stereocenters. The van der Waals surface area contributed by atoms with Crippen molar-refractivity contribution in [3.05, 3.63) is 78.4 Å². The van der Waals surface area contributed by atoms with Gasteiger partial charge in [-0.3, -0.25) is 9.11 Å². The maximum Gasteiger partial charge on any atom is 0.416 e. The molecule has 12 heteroatoms. The topological polar surface area (TPSA) is 109 Å². The van der Waals surface area contributed by atoms with Crippen molar-refractivity contribution in [2.45, 2.75) is 16.0 Å². The van der Waals surface area contributed by atoms with Gasteiger partial charge in [-0.1, -0.05) is 36.4 Å². The van der Waals surface area contributed by atoms with Gasteiger partial charge >= 0.3 is 6.18 Å². The van der Waals surface area contributed by atoms with E-state index in [0.29, 0.717) is 15.9 Å². The maximum atomic E-state index is 12.9. The molecular formula is C19H14F3O6PS2. The lowest BCUT2D eigenvalue weighted by molar-refractivity contribution is -0.137. The van der Waals surface area contributed by atoms with Gasteiger partial charge in [0.1, 0.15) is 0 Å². The van der Waals surface area contributed by atoms with E-state index in [9.17, 15) is 30.0 Å². The molecule has 0 saturated carbocycles. The van der Waals surface area contributed by atoms with E-state index in [1.165, 1.54) is 36.4 Å². The molecule has 0 amide bonds. The molecule has 31 heavy (non-hydrogen) atoms. The number of hydrogen-bond donors (Lipinski definition) is 2. The minimum absolute atomic E-state index is 0.347. The Kier molecular flexibility index (Phi) is 6.28. The molecule has 3 aromatic rings. The minimum Gasteiger partial charge on any atom is -0.282 e. The molecule has 0 aromatic heterocycles. The average Bonchev–Trinajstić information content (AvgIpc) is 2.67. The maximum absolute atomic E-state index is 12.9. The predicted octanol–water partition coefficient (Wildman–Crippen LogP) is 2.96. The molecule has 0 fully saturated rings. The molecular weight excluding hydrogens is 476 g/mol. The second kappa shape index (κ2) is 8.33. The average molecular weight is 490 g/mol. The fraction of sp³-hybridized carbons (Fsp3) is 0.0526. The van der Waals surface area contributed by atoms with Crippen LogP contribution in [0.3, 0.4) is 0 Å². The Labute approximate surface area is 177 Å². The Balaban J connectivity index is 2.12. The van der Waals surface area contributed by atoms with Gasteiger partial charge in [-0.2, -0.15) is 30.0 Å². The van der Waals surface area contributed by atoms with Crippen LogP contribution in [0.5, 0.6) is 0 Å². The van der Waals surface area contributed by atoms with Gasteiger partial charge in [0.05, 0.1) is 15.4 Å². The smallest absolute Gasteiger partial charge is 0.282 e. The lowest BCUT2D eigenvalue weighted by Gasteiger charge is -2.20. The Morgan fingerprint density at radius 3 is 1.13 bits per heavy atom. The Morgan fingerprint density at radius 1 is 0.581 bits per heavy atom. The van der Waals surface area contributed by atoms with Gasteiger partial charge in [-0.05, 0) is 60.2 Å². The first-order valence-corrected chi connectivity index (χ1v) is 12.6. The van der Waals surface area contributed by atoms with E-state index in [1.54, 1.807) is 0 Å². The van der Waals surface area contributed by atoms with Crippen LogP contribution in [0, 0.1) is 0 Å². The van der Waals surface area contributed by atoms with Crippen molar-refractivity contribution in [3.63, 3.8) is 0 Å². The summed E-state index contributed by atoms with van der Waals surface area (Å²) in [7, 11) is -10.4. The summed E-state index contributed by atoms with van der Waals surface area (Å²) in [4.78, 5) is -0.694. The van der Waals surface area contributed by atoms with Crippen LogP contribution < -0.4 is 15.9 Å². The van der Waals surface area contributed by atoms with Gasteiger partial charge < -0.3 is 0 Å². The van der Waals surface area contributed by atoms with Crippen molar-refractivity contribution in [1.82, 2.24) is 0 Å². The third-order valence-electron chi connectivity index (χ3n) is 4.24. The standard InChI is InChI=1S/C19H14F3O6PS2/c20-19(21,22)13-1-3-14(4-2-13)29(15-5-9-17(10-6-15)30(23,24)25)16-7-11-18(12-8-16)31(26,27)28/h1-12H,(H,23,24,25)(H,26,27,28). The summed E-state index contributed by atoms with van der Waals surface area (Å²) in [5.74, 6) is 0. The fourth-order valence-electron chi connectivity index (χ4n) is 2.78. The monoisotopic (exact) mass is 490 g/mol. The van der Waals surface area contributed by atoms with E-state index in [1.807, 2.05) is 0 Å². The SMILES string of the molecule is O=S(=O)(O)c1ccc(P(c2ccc(C(F)(F)F)cc2)c2ccc(S(=O)(=O)O)cc2)cc1. The minimum atomic E-state index is -4.52. The Hall–Kier alpha value is -2.30. The number of rotatable bonds is 5. The molecule has 2 N–H and O–H groups in total. The largest absolute Gasteiger partial charge is 0.416 e. The van der Waals surface area contributed by atoms with Crippen LogP contribution in [-0.4, -0.2) is 25.9 Å². The molecule has 3 aromatic carbocycles. The van der Waals surface area contributed by atoms with Crippen LogP contribution in [0.25, 0.3) is 0 Å². The first-order chi connectivity index (χ1) is 14.3. The van der Waals surface area contributed by atoms with Gasteiger partial charge in [-0.15, -0.1) is 0 Å². The summed E-state index contributed by atoms with van der Waals surface area (Å²) >= 11 is 0. The van der Waals surface area contributed by atoms with E-state index < -0.39 is 39.9 Å². The zero-order valence-corrected chi connectivity index (χ0v) is 17.9. The Bertz CT molecular complexity index is 1210. The van der Waals surface area contributed by atoms with Gasteiger partial charge in [0, 0.05) is 0 Å². The predicted molar refractivity (Wildman–Crippen MR) is 110 cm³/mol. The molecule has 3 rings (SSSR count). The fourth-order valence-corrected chi connectivity index (χ4v) is 5.98. The van der Waals surface area contributed by atoms with Crippen LogP contribution in [0.2, 0.25) is 0 Å². The van der Waals surface area contributed by atoms with Gasteiger partial charge in [0.15, 0.2) is 0 Å². The highest BCUT2D eigenvalue weighted by Crippen LogP contribution is 2.35. The summed E-state index contributed by atoms with van der Waals surface area (Å²) < 4.78 is 102. The second-order valence-corrected chi connectivity index (χ2v) is 11.4. The first kappa shape index (κ1) is 23.4. The lowest BCUT2D eigenvalue weighted by atomic mass is 10.2. The van der Waals surface area contributed by atoms with Crippen molar-refractivity contribution >= 4 is 44.1 Å². The molecule has 6 nitrogen and oxygen atoms in total. The zero-order valence-electron chi connectivity index (χ0n) is 15.4. The molecule has 164 valence electrons. The number of halogens is 3. The van der Waals surface area contributed by atoms with Crippen molar-refractivity contribution in [1.29, 1.82) is 0 Å². The van der Waals surface area contributed by atoms with E-state index in [0.717, 1.165) is 36.4 Å². The van der Waals surface area contributed by atoms with Crippen LogP contribution in [0.1, 0.15) is 5.56 Å². The molecule has 0 radical (unpaired) electrons. The molecule has 0 bridgehead atoms. The molecule has 0 aliphatic heterocycles. The normalized spacial score (nSPS) is 12.8. The lowest BCUT2D eigenvalue weighted by Crippen LogP contribution is -2.21.